The van der Waals surface area contributed by atoms with Crippen molar-refractivity contribution in [2.24, 2.45) is 7.05 Å². The second-order valence-corrected chi connectivity index (χ2v) is 10.3. The predicted octanol–water partition coefficient (Wildman–Crippen LogP) is 6.47. The Balaban J connectivity index is 1.43. The maximum Gasteiger partial charge on any atom is 0.356 e. The van der Waals surface area contributed by atoms with E-state index in [4.69, 9.17) is 16.3 Å². The monoisotopic (exact) mass is 557 g/mol. The molecule has 0 saturated heterocycles. The van der Waals surface area contributed by atoms with Crippen molar-refractivity contribution < 1.29 is 14.3 Å². The lowest BCUT2D eigenvalue weighted by Crippen LogP contribution is -2.32. The van der Waals surface area contributed by atoms with Gasteiger partial charge in [0, 0.05) is 34.0 Å². The van der Waals surface area contributed by atoms with E-state index in [1.54, 1.807) is 29.6 Å². The molecule has 9 heteroatoms. The molecule has 7 nitrogen and oxygen atoms in total. The molecule has 5 rings (SSSR count). The van der Waals surface area contributed by atoms with E-state index in [0.29, 0.717) is 32.2 Å². The third-order valence-electron chi connectivity index (χ3n) is 6.37. The van der Waals surface area contributed by atoms with Gasteiger partial charge in [0.1, 0.15) is 5.69 Å². The van der Waals surface area contributed by atoms with Gasteiger partial charge in [-0.3, -0.25) is 14.9 Å². The molecule has 2 aromatic heterocycles. The van der Waals surface area contributed by atoms with Gasteiger partial charge in [-0.1, -0.05) is 77.8 Å². The van der Waals surface area contributed by atoms with Crippen LogP contribution < -0.4 is 10.9 Å². The number of hydrogen-bond acceptors (Lipinski definition) is 6. The number of nitrogens with zero attached hydrogens (tertiary/aromatic N) is 2. The molecule has 0 saturated carbocycles. The molecule has 0 aliphatic rings. The molecule has 196 valence electrons. The average Bonchev–Trinajstić information content (AvgIpc) is 3.39. The zero-order valence-electron chi connectivity index (χ0n) is 21.4. The van der Waals surface area contributed by atoms with Gasteiger partial charge >= 0.3 is 5.97 Å². The van der Waals surface area contributed by atoms with Crippen LogP contribution in [-0.4, -0.2) is 27.5 Å². The minimum Gasteiger partial charge on any atom is -0.448 e. The number of hydrogen-bond donors (Lipinski definition) is 1. The highest BCUT2D eigenvalue weighted by Crippen LogP contribution is 2.32. The number of aryl methyl sites for hydroxylation is 1. The van der Waals surface area contributed by atoms with Gasteiger partial charge in [0.05, 0.1) is 5.69 Å². The van der Waals surface area contributed by atoms with Crippen LogP contribution in [0.2, 0.25) is 5.02 Å². The maximum atomic E-state index is 13.5. The fraction of sp³-hybridized carbons (Fsp3) is 0.133. The van der Waals surface area contributed by atoms with Crippen LogP contribution in [0.4, 0.5) is 5.13 Å². The van der Waals surface area contributed by atoms with Crippen LogP contribution in [0.25, 0.3) is 33.2 Å². The molecule has 1 N–H and O–H groups in total. The van der Waals surface area contributed by atoms with Crippen LogP contribution in [0, 0.1) is 6.92 Å². The Bertz CT molecular complexity index is 1780. The quantitative estimate of drug-likeness (QED) is 0.241. The SMILES string of the molecule is Cc1ccc(-c2c(C(=O)OC(C)C(=O)Nc3nc(-c4ccccc4Cl)cs3)n(C)c(=O)c3ccccc23)cc1. The van der Waals surface area contributed by atoms with Gasteiger partial charge < -0.3 is 9.30 Å². The number of carbonyl (C=O) groups is 2. The van der Waals surface area contributed by atoms with E-state index in [1.807, 2.05) is 55.5 Å². The van der Waals surface area contributed by atoms with Gasteiger partial charge in [0.2, 0.25) is 0 Å². The summed E-state index contributed by atoms with van der Waals surface area (Å²) in [4.78, 5) is 44.1. The first-order valence-electron chi connectivity index (χ1n) is 12.2. The molecule has 0 spiro atoms. The molecule has 0 aliphatic carbocycles. The molecular weight excluding hydrogens is 534 g/mol. The lowest BCUT2D eigenvalue weighted by atomic mass is 9.96. The van der Waals surface area contributed by atoms with Crippen LogP contribution in [0.15, 0.2) is 83.0 Å². The van der Waals surface area contributed by atoms with E-state index in [2.05, 4.69) is 10.3 Å². The topological polar surface area (TPSA) is 90.3 Å². The molecule has 39 heavy (non-hydrogen) atoms. The lowest BCUT2D eigenvalue weighted by molar-refractivity contribution is -0.123. The normalized spacial score (nSPS) is 11.8. The van der Waals surface area contributed by atoms with Gasteiger partial charge in [0.25, 0.3) is 11.5 Å². The van der Waals surface area contributed by atoms with Crippen LogP contribution >= 0.6 is 22.9 Å². The summed E-state index contributed by atoms with van der Waals surface area (Å²) >= 11 is 7.49. The van der Waals surface area contributed by atoms with Crippen molar-refractivity contribution in [1.29, 1.82) is 0 Å². The van der Waals surface area contributed by atoms with Crippen molar-refractivity contribution in [3.8, 4) is 22.4 Å². The number of rotatable bonds is 6. The number of aromatic nitrogens is 2. The first kappa shape index (κ1) is 26.3. The van der Waals surface area contributed by atoms with Crippen molar-refractivity contribution in [2.45, 2.75) is 20.0 Å². The van der Waals surface area contributed by atoms with E-state index >= 15 is 0 Å². The lowest BCUT2D eigenvalue weighted by Gasteiger charge is -2.19. The summed E-state index contributed by atoms with van der Waals surface area (Å²) in [6.45, 7) is 3.44. The Morgan fingerprint density at radius 2 is 1.67 bits per heavy atom. The largest absolute Gasteiger partial charge is 0.448 e. The summed E-state index contributed by atoms with van der Waals surface area (Å²) in [7, 11) is 1.53. The van der Waals surface area contributed by atoms with Crippen LogP contribution in [-0.2, 0) is 16.6 Å². The summed E-state index contributed by atoms with van der Waals surface area (Å²) in [5, 5.41) is 6.48. The Kier molecular flexibility index (Phi) is 7.32. The zero-order valence-corrected chi connectivity index (χ0v) is 23.0. The van der Waals surface area contributed by atoms with Gasteiger partial charge in [0.15, 0.2) is 11.2 Å². The number of esters is 1. The molecule has 1 amide bonds. The molecule has 0 aliphatic heterocycles. The summed E-state index contributed by atoms with van der Waals surface area (Å²) in [5.74, 6) is -1.33. The first-order chi connectivity index (χ1) is 18.7. The summed E-state index contributed by atoms with van der Waals surface area (Å²) in [5.41, 5.74) is 3.48. The molecule has 0 fully saturated rings. The zero-order chi connectivity index (χ0) is 27.7. The van der Waals surface area contributed by atoms with E-state index in [0.717, 1.165) is 16.7 Å². The van der Waals surface area contributed by atoms with Crippen molar-refractivity contribution in [3.05, 3.63) is 105 Å². The van der Waals surface area contributed by atoms with E-state index in [-0.39, 0.29) is 11.3 Å². The highest BCUT2D eigenvalue weighted by molar-refractivity contribution is 7.14. The minimum absolute atomic E-state index is 0.0671. The Morgan fingerprint density at radius 3 is 2.38 bits per heavy atom. The Morgan fingerprint density at radius 1 is 1.00 bits per heavy atom. The highest BCUT2D eigenvalue weighted by Gasteiger charge is 2.27. The number of pyridine rings is 1. The number of nitrogens with one attached hydrogen (secondary N) is 1. The van der Waals surface area contributed by atoms with Crippen molar-refractivity contribution >= 4 is 50.7 Å². The summed E-state index contributed by atoms with van der Waals surface area (Å²) in [6, 6.07) is 22.1. The Hall–Kier alpha value is -4.27. The molecule has 1 atom stereocenters. The number of anilines is 1. The number of amides is 1. The molecule has 1 unspecified atom stereocenters. The number of carbonyl (C=O) groups excluding carboxylic acids is 2. The average molecular weight is 558 g/mol. The fourth-order valence-electron chi connectivity index (χ4n) is 4.32. The Labute approximate surface area is 233 Å². The van der Waals surface area contributed by atoms with E-state index < -0.39 is 18.0 Å². The number of halogens is 1. The van der Waals surface area contributed by atoms with E-state index in [9.17, 15) is 14.4 Å². The van der Waals surface area contributed by atoms with Crippen molar-refractivity contribution in [3.63, 3.8) is 0 Å². The third kappa shape index (κ3) is 5.21. The first-order valence-corrected chi connectivity index (χ1v) is 13.4. The second kappa shape index (κ2) is 10.8. The van der Waals surface area contributed by atoms with Crippen LogP contribution in [0.1, 0.15) is 23.0 Å². The molecule has 0 bridgehead atoms. The van der Waals surface area contributed by atoms with Gasteiger partial charge in [-0.15, -0.1) is 11.3 Å². The van der Waals surface area contributed by atoms with Gasteiger partial charge in [-0.05, 0) is 36.9 Å². The highest BCUT2D eigenvalue weighted by atomic mass is 35.5. The second-order valence-electron chi connectivity index (χ2n) is 9.05. The van der Waals surface area contributed by atoms with Crippen molar-refractivity contribution in [1.82, 2.24) is 9.55 Å². The number of ether oxygens (including phenoxy) is 1. The molecule has 0 radical (unpaired) electrons. The van der Waals surface area contributed by atoms with Crippen LogP contribution in [0.3, 0.4) is 0 Å². The summed E-state index contributed by atoms with van der Waals surface area (Å²) < 4.78 is 6.88. The van der Waals surface area contributed by atoms with Gasteiger partial charge in [-0.2, -0.15) is 0 Å². The molecule has 5 aromatic rings. The predicted molar refractivity (Wildman–Crippen MR) is 155 cm³/mol. The smallest absolute Gasteiger partial charge is 0.356 e. The number of thiazole rings is 1. The molecule has 2 heterocycles. The molecule has 3 aromatic carbocycles. The third-order valence-corrected chi connectivity index (χ3v) is 7.46. The minimum atomic E-state index is -1.15. The number of fused-ring (bicyclic) bond motifs is 1. The van der Waals surface area contributed by atoms with Crippen molar-refractivity contribution in [2.75, 3.05) is 5.32 Å². The summed E-state index contributed by atoms with van der Waals surface area (Å²) in [6.07, 6.45) is -1.15. The standard InChI is InChI=1S/C30H24ClN3O4S/c1-17-12-14-19(15-13-17)25-20-8-4-5-9-21(20)28(36)34(3)26(25)29(37)38-18(2)27(35)33-30-32-24(16-39-30)22-10-6-7-11-23(22)31/h4-16,18H,1-3H3,(H,32,33,35). The van der Waals surface area contributed by atoms with Crippen LogP contribution in [0.5, 0.6) is 0 Å². The van der Waals surface area contributed by atoms with Gasteiger partial charge in [-0.25, -0.2) is 9.78 Å². The maximum absolute atomic E-state index is 13.5. The number of benzene rings is 3. The van der Waals surface area contributed by atoms with E-state index in [1.165, 1.54) is 29.9 Å². The fourth-order valence-corrected chi connectivity index (χ4v) is 5.26. The molecular formula is C30H24ClN3O4S.